The van der Waals surface area contributed by atoms with Gasteiger partial charge in [0.05, 0.1) is 0 Å². The van der Waals surface area contributed by atoms with Crippen molar-refractivity contribution in [1.29, 1.82) is 0 Å². The van der Waals surface area contributed by atoms with Crippen LogP contribution in [-0.4, -0.2) is 17.4 Å². The quantitative estimate of drug-likeness (QED) is 0.787. The van der Waals surface area contributed by atoms with Gasteiger partial charge in [-0.3, -0.25) is 9.59 Å². The number of nitrogens with one attached hydrogen (secondary N) is 2. The first kappa shape index (κ1) is 14.2. The summed E-state index contributed by atoms with van der Waals surface area (Å²) in [4.78, 5) is 23.4. The van der Waals surface area contributed by atoms with Gasteiger partial charge in [0.2, 0.25) is 0 Å². The zero-order valence-corrected chi connectivity index (χ0v) is 11.3. The van der Waals surface area contributed by atoms with Crippen LogP contribution in [0.4, 0.5) is 5.69 Å². The molecule has 0 heterocycles. The topological polar surface area (TPSA) is 58.2 Å². The second kappa shape index (κ2) is 5.67. The molecule has 0 saturated carbocycles. The number of benzene rings is 1. The highest BCUT2D eigenvalue weighted by Gasteiger charge is 2.20. The second-order valence-corrected chi connectivity index (χ2v) is 5.17. The Kier molecular flexibility index (Phi) is 4.48. The van der Waals surface area contributed by atoms with Gasteiger partial charge in [0.25, 0.3) is 0 Å². The summed E-state index contributed by atoms with van der Waals surface area (Å²) >= 11 is 0. The van der Waals surface area contributed by atoms with Crippen molar-refractivity contribution < 1.29 is 9.59 Å². The van der Waals surface area contributed by atoms with E-state index in [2.05, 4.69) is 10.6 Å². The Morgan fingerprint density at radius 2 is 1.72 bits per heavy atom. The van der Waals surface area contributed by atoms with Crippen LogP contribution < -0.4 is 10.6 Å². The number of hydrogen-bond donors (Lipinski definition) is 2. The van der Waals surface area contributed by atoms with Gasteiger partial charge in [-0.1, -0.05) is 25.1 Å². The number of amides is 2. The molecule has 0 unspecified atom stereocenters. The van der Waals surface area contributed by atoms with Crippen molar-refractivity contribution in [2.45, 2.75) is 39.7 Å². The summed E-state index contributed by atoms with van der Waals surface area (Å²) in [6, 6.07) is 7.46. The lowest BCUT2D eigenvalue weighted by molar-refractivity contribution is -0.137. The Balaban J connectivity index is 2.73. The first-order valence-corrected chi connectivity index (χ1v) is 6.05. The molecule has 1 aromatic rings. The first-order valence-electron chi connectivity index (χ1n) is 6.05. The summed E-state index contributed by atoms with van der Waals surface area (Å²) in [5.41, 5.74) is 1.28. The lowest BCUT2D eigenvalue weighted by Crippen LogP contribution is -2.46. The van der Waals surface area contributed by atoms with Crippen LogP contribution in [0, 0.1) is 0 Å². The van der Waals surface area contributed by atoms with Gasteiger partial charge >= 0.3 is 11.8 Å². The van der Waals surface area contributed by atoms with Gasteiger partial charge in [0.15, 0.2) is 0 Å². The van der Waals surface area contributed by atoms with E-state index in [0.29, 0.717) is 5.69 Å². The average Bonchev–Trinajstić information content (AvgIpc) is 2.27. The SMILES string of the molecule is CCc1ccccc1NC(=O)C(=O)NC(C)(C)C. The van der Waals surface area contributed by atoms with E-state index >= 15 is 0 Å². The summed E-state index contributed by atoms with van der Waals surface area (Å²) in [5.74, 6) is -1.25. The fraction of sp³-hybridized carbons (Fsp3) is 0.429. The molecule has 2 amide bonds. The van der Waals surface area contributed by atoms with Crippen molar-refractivity contribution in [2.75, 3.05) is 5.32 Å². The van der Waals surface area contributed by atoms with Crippen LogP contribution in [0.5, 0.6) is 0 Å². The average molecular weight is 248 g/mol. The second-order valence-electron chi connectivity index (χ2n) is 5.17. The Morgan fingerprint density at radius 3 is 2.28 bits per heavy atom. The molecule has 98 valence electrons. The summed E-state index contributed by atoms with van der Waals surface area (Å²) < 4.78 is 0. The van der Waals surface area contributed by atoms with Crippen LogP contribution in [0.25, 0.3) is 0 Å². The lowest BCUT2D eigenvalue weighted by atomic mass is 10.1. The van der Waals surface area contributed by atoms with E-state index in [-0.39, 0.29) is 0 Å². The monoisotopic (exact) mass is 248 g/mol. The maximum absolute atomic E-state index is 11.7. The van der Waals surface area contributed by atoms with Gasteiger partial charge in [-0.05, 0) is 38.8 Å². The maximum Gasteiger partial charge on any atom is 0.313 e. The van der Waals surface area contributed by atoms with Gasteiger partial charge in [0, 0.05) is 11.2 Å². The normalized spacial score (nSPS) is 10.9. The minimum absolute atomic E-state index is 0.418. The Morgan fingerprint density at radius 1 is 1.11 bits per heavy atom. The Hall–Kier alpha value is -1.84. The standard InChI is InChI=1S/C14H20N2O2/c1-5-10-8-6-7-9-11(10)15-12(17)13(18)16-14(2,3)4/h6-9H,5H2,1-4H3,(H,15,17)(H,16,18). The zero-order chi connectivity index (χ0) is 13.8. The largest absolute Gasteiger partial charge is 0.343 e. The molecule has 0 fully saturated rings. The smallest absolute Gasteiger partial charge is 0.313 e. The van der Waals surface area contributed by atoms with Gasteiger partial charge in [0.1, 0.15) is 0 Å². The predicted octanol–water partition coefficient (Wildman–Crippen LogP) is 2.10. The van der Waals surface area contributed by atoms with Crippen LogP contribution in [0.1, 0.15) is 33.3 Å². The molecular formula is C14H20N2O2. The molecule has 18 heavy (non-hydrogen) atoms. The van der Waals surface area contributed by atoms with Gasteiger partial charge < -0.3 is 10.6 Å². The third kappa shape index (κ3) is 4.20. The summed E-state index contributed by atoms with van der Waals surface area (Å²) in [6.07, 6.45) is 0.803. The third-order valence-electron chi connectivity index (χ3n) is 2.34. The van der Waals surface area contributed by atoms with E-state index in [4.69, 9.17) is 0 Å². The predicted molar refractivity (Wildman–Crippen MR) is 72.3 cm³/mol. The Labute approximate surface area is 108 Å². The number of aryl methyl sites for hydroxylation is 1. The van der Waals surface area contributed by atoms with E-state index in [1.54, 1.807) is 6.07 Å². The Bertz CT molecular complexity index is 447. The third-order valence-corrected chi connectivity index (χ3v) is 2.34. The van der Waals surface area contributed by atoms with Crippen molar-refractivity contribution in [2.24, 2.45) is 0 Å². The molecule has 0 aliphatic rings. The first-order chi connectivity index (χ1) is 8.33. The molecule has 0 aromatic heterocycles. The number of para-hydroxylation sites is 1. The highest BCUT2D eigenvalue weighted by Crippen LogP contribution is 2.15. The van der Waals surface area contributed by atoms with Gasteiger partial charge in [-0.2, -0.15) is 0 Å². The molecule has 0 radical (unpaired) electrons. The van der Waals surface area contributed by atoms with Crippen LogP contribution in [0.15, 0.2) is 24.3 Å². The van der Waals surface area contributed by atoms with Gasteiger partial charge in [-0.15, -0.1) is 0 Å². The van der Waals surface area contributed by atoms with Crippen molar-refractivity contribution in [3.63, 3.8) is 0 Å². The lowest BCUT2D eigenvalue weighted by Gasteiger charge is -2.20. The fourth-order valence-electron chi connectivity index (χ4n) is 1.53. The van der Waals surface area contributed by atoms with Crippen LogP contribution in [-0.2, 0) is 16.0 Å². The molecule has 0 aliphatic carbocycles. The van der Waals surface area contributed by atoms with Crippen LogP contribution in [0.3, 0.4) is 0 Å². The molecule has 1 rings (SSSR count). The molecule has 0 spiro atoms. The molecule has 0 atom stereocenters. The minimum Gasteiger partial charge on any atom is -0.343 e. The molecule has 4 heteroatoms. The highest BCUT2D eigenvalue weighted by molar-refractivity contribution is 6.39. The summed E-state index contributed by atoms with van der Waals surface area (Å²) in [6.45, 7) is 7.49. The summed E-state index contributed by atoms with van der Waals surface area (Å²) in [7, 11) is 0. The van der Waals surface area contributed by atoms with Crippen molar-refractivity contribution in [3.8, 4) is 0 Å². The van der Waals surface area contributed by atoms with E-state index in [0.717, 1.165) is 12.0 Å². The van der Waals surface area contributed by atoms with Crippen LogP contribution >= 0.6 is 0 Å². The number of carbonyl (C=O) groups is 2. The number of anilines is 1. The van der Waals surface area contributed by atoms with Gasteiger partial charge in [-0.25, -0.2) is 0 Å². The molecule has 1 aromatic carbocycles. The van der Waals surface area contributed by atoms with E-state index in [1.165, 1.54) is 0 Å². The molecule has 0 saturated heterocycles. The van der Waals surface area contributed by atoms with E-state index in [1.807, 2.05) is 45.9 Å². The van der Waals surface area contributed by atoms with Crippen molar-refractivity contribution in [1.82, 2.24) is 5.32 Å². The summed E-state index contributed by atoms with van der Waals surface area (Å²) in [5, 5.41) is 5.26. The molecule has 0 aliphatic heterocycles. The molecule has 2 N–H and O–H groups in total. The zero-order valence-electron chi connectivity index (χ0n) is 11.3. The van der Waals surface area contributed by atoms with E-state index in [9.17, 15) is 9.59 Å². The number of carbonyl (C=O) groups excluding carboxylic acids is 2. The van der Waals surface area contributed by atoms with E-state index < -0.39 is 17.4 Å². The van der Waals surface area contributed by atoms with Crippen molar-refractivity contribution >= 4 is 17.5 Å². The van der Waals surface area contributed by atoms with Crippen molar-refractivity contribution in [3.05, 3.63) is 29.8 Å². The fourth-order valence-corrected chi connectivity index (χ4v) is 1.53. The highest BCUT2D eigenvalue weighted by atomic mass is 16.2. The molecule has 0 bridgehead atoms. The number of rotatable bonds is 2. The maximum atomic E-state index is 11.7. The molecule has 4 nitrogen and oxygen atoms in total. The number of hydrogen-bond acceptors (Lipinski definition) is 2. The minimum atomic E-state index is -0.633. The van der Waals surface area contributed by atoms with Crippen LogP contribution in [0.2, 0.25) is 0 Å². The molecular weight excluding hydrogens is 228 g/mol.